The summed E-state index contributed by atoms with van der Waals surface area (Å²) in [6.07, 6.45) is 5.15. The lowest BCUT2D eigenvalue weighted by molar-refractivity contribution is 0.373. The molecule has 0 spiro atoms. The molecule has 1 aromatic carbocycles. The Hall–Kier alpha value is -1.19. The van der Waals surface area contributed by atoms with E-state index < -0.39 is 0 Å². The Bertz CT molecular complexity index is 553. The Labute approximate surface area is 118 Å². The number of halogens is 2. The summed E-state index contributed by atoms with van der Waals surface area (Å²) in [5, 5.41) is 4.01. The van der Waals surface area contributed by atoms with Crippen LogP contribution in [0.3, 0.4) is 0 Å². The maximum atomic E-state index is 13.7. The molecule has 1 fully saturated rings. The summed E-state index contributed by atoms with van der Waals surface area (Å²) in [6.45, 7) is 2.19. The number of aromatic nitrogens is 1. The van der Waals surface area contributed by atoms with Gasteiger partial charge in [0.15, 0.2) is 0 Å². The van der Waals surface area contributed by atoms with Gasteiger partial charge in [0.2, 0.25) is 0 Å². The predicted octanol–water partition coefficient (Wildman–Crippen LogP) is 3.34. The molecule has 3 rings (SSSR count). The van der Waals surface area contributed by atoms with Crippen molar-refractivity contribution in [2.45, 2.75) is 19.3 Å². The van der Waals surface area contributed by atoms with Gasteiger partial charge in [0.05, 0.1) is 5.52 Å². The van der Waals surface area contributed by atoms with E-state index in [0.29, 0.717) is 11.3 Å². The van der Waals surface area contributed by atoms with E-state index >= 15 is 0 Å². The third-order valence-corrected chi connectivity index (χ3v) is 3.77. The molecule has 0 amide bonds. The first-order valence-corrected chi connectivity index (χ1v) is 6.57. The van der Waals surface area contributed by atoms with Crippen LogP contribution in [0.2, 0.25) is 0 Å². The number of hydrogen-bond acceptors (Lipinski definition) is 2. The molecule has 2 nitrogen and oxygen atoms in total. The van der Waals surface area contributed by atoms with Gasteiger partial charge in [-0.25, -0.2) is 4.39 Å². The van der Waals surface area contributed by atoms with Crippen molar-refractivity contribution in [1.29, 1.82) is 0 Å². The van der Waals surface area contributed by atoms with E-state index in [1.165, 1.54) is 18.4 Å². The lowest BCUT2D eigenvalue weighted by atomic mass is 9.90. The summed E-state index contributed by atoms with van der Waals surface area (Å²) in [6, 6.07) is 7.07. The van der Waals surface area contributed by atoms with Gasteiger partial charge in [-0.15, -0.1) is 12.4 Å². The van der Waals surface area contributed by atoms with Crippen molar-refractivity contribution in [3.05, 3.63) is 41.8 Å². The van der Waals surface area contributed by atoms with Crippen LogP contribution in [0.5, 0.6) is 0 Å². The third-order valence-electron chi connectivity index (χ3n) is 3.77. The number of hydrogen-bond donors (Lipinski definition) is 1. The molecule has 0 bridgehead atoms. The topological polar surface area (TPSA) is 24.9 Å². The zero-order valence-electron chi connectivity index (χ0n) is 10.7. The van der Waals surface area contributed by atoms with Crippen LogP contribution in [0.4, 0.5) is 4.39 Å². The van der Waals surface area contributed by atoms with Crippen LogP contribution >= 0.6 is 12.4 Å². The van der Waals surface area contributed by atoms with Gasteiger partial charge >= 0.3 is 0 Å². The minimum Gasteiger partial charge on any atom is -0.317 e. The van der Waals surface area contributed by atoms with Gasteiger partial charge in [0, 0.05) is 11.6 Å². The zero-order chi connectivity index (χ0) is 12.4. The smallest absolute Gasteiger partial charge is 0.132 e. The minimum absolute atomic E-state index is 0. The summed E-state index contributed by atoms with van der Waals surface area (Å²) >= 11 is 0. The van der Waals surface area contributed by atoms with Crippen molar-refractivity contribution >= 4 is 23.3 Å². The van der Waals surface area contributed by atoms with E-state index in [-0.39, 0.29) is 18.2 Å². The highest BCUT2D eigenvalue weighted by molar-refractivity contribution is 5.85. The number of pyridine rings is 1. The molecule has 0 unspecified atom stereocenters. The number of piperidine rings is 1. The number of fused-ring (bicyclic) bond motifs is 1. The summed E-state index contributed by atoms with van der Waals surface area (Å²) in [4.78, 5) is 4.35. The molecule has 0 atom stereocenters. The molecule has 1 N–H and O–H groups in total. The first-order valence-electron chi connectivity index (χ1n) is 6.57. The first kappa shape index (κ1) is 14.2. The summed E-state index contributed by atoms with van der Waals surface area (Å²) in [5.41, 5.74) is 2.01. The molecule has 2 heterocycles. The Morgan fingerprint density at radius 1 is 1.21 bits per heavy atom. The van der Waals surface area contributed by atoms with Crippen molar-refractivity contribution in [1.82, 2.24) is 10.3 Å². The molecule has 1 aliphatic rings. The fraction of sp³-hybridized carbons (Fsp3) is 0.400. The van der Waals surface area contributed by atoms with Crippen LogP contribution < -0.4 is 5.32 Å². The van der Waals surface area contributed by atoms with E-state index in [4.69, 9.17) is 0 Å². The second kappa shape index (κ2) is 6.31. The fourth-order valence-electron chi connectivity index (χ4n) is 2.76. The van der Waals surface area contributed by atoms with Gasteiger partial charge in [-0.05, 0) is 62.0 Å². The lowest BCUT2D eigenvalue weighted by Gasteiger charge is -2.22. The number of benzene rings is 1. The average Bonchev–Trinajstić information content (AvgIpc) is 2.44. The van der Waals surface area contributed by atoms with E-state index in [1.807, 2.05) is 12.1 Å². The monoisotopic (exact) mass is 280 g/mol. The van der Waals surface area contributed by atoms with E-state index in [1.54, 1.807) is 18.3 Å². The van der Waals surface area contributed by atoms with Crippen LogP contribution in [0.15, 0.2) is 30.5 Å². The average molecular weight is 281 g/mol. The van der Waals surface area contributed by atoms with Gasteiger partial charge in [0.1, 0.15) is 5.82 Å². The molecular weight excluding hydrogens is 263 g/mol. The van der Waals surface area contributed by atoms with Crippen LogP contribution in [-0.2, 0) is 6.42 Å². The zero-order valence-corrected chi connectivity index (χ0v) is 11.5. The third kappa shape index (κ3) is 3.04. The molecule has 102 valence electrons. The Balaban J connectivity index is 0.00000133. The first-order chi connectivity index (χ1) is 8.84. The molecule has 0 saturated carbocycles. The number of rotatable bonds is 2. The maximum Gasteiger partial charge on any atom is 0.132 e. The van der Waals surface area contributed by atoms with Gasteiger partial charge in [0.25, 0.3) is 0 Å². The van der Waals surface area contributed by atoms with Crippen molar-refractivity contribution in [2.24, 2.45) is 5.92 Å². The molecule has 0 radical (unpaired) electrons. The molecule has 1 aromatic heterocycles. The highest BCUT2D eigenvalue weighted by Crippen LogP contribution is 2.24. The standard InChI is InChI=1S/C15H17FN2.ClH/c16-14-4-3-12(10-11-5-8-17-9-6-11)15-13(14)2-1-7-18-15;/h1-4,7,11,17H,5-6,8-10H2;1H. The van der Waals surface area contributed by atoms with E-state index in [0.717, 1.165) is 25.0 Å². The Kier molecular flexibility index (Phi) is 4.72. The van der Waals surface area contributed by atoms with E-state index in [2.05, 4.69) is 10.3 Å². The summed E-state index contributed by atoms with van der Waals surface area (Å²) in [5.74, 6) is 0.522. The minimum atomic E-state index is -0.174. The molecular formula is C15H18ClFN2. The van der Waals surface area contributed by atoms with Crippen molar-refractivity contribution < 1.29 is 4.39 Å². The van der Waals surface area contributed by atoms with Crippen molar-refractivity contribution in [2.75, 3.05) is 13.1 Å². The van der Waals surface area contributed by atoms with Gasteiger partial charge in [-0.2, -0.15) is 0 Å². The Morgan fingerprint density at radius 3 is 2.79 bits per heavy atom. The van der Waals surface area contributed by atoms with Crippen LogP contribution in [0, 0.1) is 11.7 Å². The molecule has 19 heavy (non-hydrogen) atoms. The van der Waals surface area contributed by atoms with Crippen molar-refractivity contribution in [3.63, 3.8) is 0 Å². The highest BCUT2D eigenvalue weighted by atomic mass is 35.5. The van der Waals surface area contributed by atoms with E-state index in [9.17, 15) is 4.39 Å². The van der Waals surface area contributed by atoms with Crippen molar-refractivity contribution in [3.8, 4) is 0 Å². The normalized spacial score (nSPS) is 16.3. The largest absolute Gasteiger partial charge is 0.317 e. The number of nitrogens with one attached hydrogen (secondary N) is 1. The summed E-state index contributed by atoms with van der Waals surface area (Å²) in [7, 11) is 0. The molecule has 1 aliphatic heterocycles. The quantitative estimate of drug-likeness (QED) is 0.913. The SMILES string of the molecule is Cl.Fc1ccc(CC2CCNCC2)c2ncccc12. The van der Waals surface area contributed by atoms with Crippen LogP contribution in [-0.4, -0.2) is 18.1 Å². The Morgan fingerprint density at radius 2 is 2.00 bits per heavy atom. The molecule has 1 saturated heterocycles. The van der Waals surface area contributed by atoms with Crippen LogP contribution in [0.1, 0.15) is 18.4 Å². The lowest BCUT2D eigenvalue weighted by Crippen LogP contribution is -2.28. The second-order valence-corrected chi connectivity index (χ2v) is 5.00. The second-order valence-electron chi connectivity index (χ2n) is 5.00. The van der Waals surface area contributed by atoms with Crippen LogP contribution in [0.25, 0.3) is 10.9 Å². The van der Waals surface area contributed by atoms with Gasteiger partial charge in [-0.1, -0.05) is 6.07 Å². The summed E-state index contributed by atoms with van der Waals surface area (Å²) < 4.78 is 13.7. The maximum absolute atomic E-state index is 13.7. The van der Waals surface area contributed by atoms with Gasteiger partial charge in [-0.3, -0.25) is 4.98 Å². The molecule has 2 aromatic rings. The molecule has 4 heteroatoms. The molecule has 0 aliphatic carbocycles. The predicted molar refractivity (Wildman–Crippen MR) is 78.2 cm³/mol. The highest BCUT2D eigenvalue weighted by Gasteiger charge is 2.16. The van der Waals surface area contributed by atoms with Gasteiger partial charge < -0.3 is 5.32 Å². The number of nitrogens with zero attached hydrogens (tertiary/aromatic N) is 1. The fourth-order valence-corrected chi connectivity index (χ4v) is 2.76.